The minimum atomic E-state index is -0.271. The first-order valence-electron chi connectivity index (χ1n) is 9.68. The number of aryl methyl sites for hydroxylation is 1. The summed E-state index contributed by atoms with van der Waals surface area (Å²) in [6.07, 6.45) is 6.54. The first-order chi connectivity index (χ1) is 13.1. The minimum absolute atomic E-state index is 0.0677. The van der Waals surface area contributed by atoms with Crippen LogP contribution in [0.5, 0.6) is 0 Å². The molecule has 142 valence electrons. The van der Waals surface area contributed by atoms with Crippen LogP contribution in [0.25, 0.3) is 0 Å². The van der Waals surface area contributed by atoms with Gasteiger partial charge in [-0.25, -0.2) is 0 Å². The van der Waals surface area contributed by atoms with Crippen LogP contribution in [0.4, 0.5) is 0 Å². The van der Waals surface area contributed by atoms with E-state index >= 15 is 0 Å². The molecule has 0 aliphatic carbocycles. The fourth-order valence-corrected chi connectivity index (χ4v) is 3.30. The molecule has 1 fully saturated rings. The molecule has 2 amide bonds. The quantitative estimate of drug-likeness (QED) is 0.836. The molecule has 27 heavy (non-hydrogen) atoms. The average molecular weight is 365 g/mol. The fraction of sp³-hybridized carbons (Fsp3) is 0.409. The third kappa shape index (κ3) is 5.64. The van der Waals surface area contributed by atoms with E-state index in [1.165, 1.54) is 5.56 Å². The van der Waals surface area contributed by atoms with Gasteiger partial charge >= 0.3 is 0 Å². The Kier molecular flexibility index (Phi) is 6.58. The normalized spacial score (nSPS) is 16.1. The Morgan fingerprint density at radius 3 is 2.63 bits per heavy atom. The zero-order chi connectivity index (χ0) is 19.1. The predicted octanol–water partition coefficient (Wildman–Crippen LogP) is 3.06. The number of hydrogen-bond donors (Lipinski definition) is 0. The summed E-state index contributed by atoms with van der Waals surface area (Å²) < 4.78 is 1.96. The van der Waals surface area contributed by atoms with Crippen LogP contribution in [0.15, 0.2) is 53.7 Å². The molecule has 2 heterocycles. The topological polar surface area (TPSA) is 54.7 Å². The molecule has 1 aromatic heterocycles. The molecule has 0 bridgehead atoms. The number of benzene rings is 1. The van der Waals surface area contributed by atoms with Crippen molar-refractivity contribution in [1.29, 1.82) is 0 Å². The second kappa shape index (κ2) is 9.31. The van der Waals surface area contributed by atoms with Gasteiger partial charge in [-0.3, -0.25) is 9.59 Å². The van der Waals surface area contributed by atoms with Crippen LogP contribution in [-0.2, 0) is 16.1 Å². The monoisotopic (exact) mass is 365 g/mol. The van der Waals surface area contributed by atoms with E-state index in [1.54, 1.807) is 4.90 Å². The highest BCUT2D eigenvalue weighted by molar-refractivity contribution is 5.85. The molecule has 0 N–H and O–H groups in total. The smallest absolute Gasteiger partial charge is 0.267 e. The van der Waals surface area contributed by atoms with E-state index in [0.29, 0.717) is 25.0 Å². The van der Waals surface area contributed by atoms with Gasteiger partial charge in [0.15, 0.2) is 0 Å². The molecule has 2 aromatic rings. The van der Waals surface area contributed by atoms with E-state index in [1.807, 2.05) is 29.0 Å². The first kappa shape index (κ1) is 19.1. The molecule has 3 rings (SSSR count). The summed E-state index contributed by atoms with van der Waals surface area (Å²) >= 11 is 0. The number of likely N-dealkylation sites (tertiary alicyclic amines) is 1. The van der Waals surface area contributed by atoms with Crippen molar-refractivity contribution in [2.75, 3.05) is 13.1 Å². The molecule has 0 spiro atoms. The van der Waals surface area contributed by atoms with Crippen LogP contribution in [-0.4, -0.2) is 34.4 Å². The lowest BCUT2D eigenvalue weighted by Gasteiger charge is -2.23. The average Bonchev–Trinajstić information content (AvgIpc) is 2.65. The number of amides is 2. The summed E-state index contributed by atoms with van der Waals surface area (Å²) in [7, 11) is 0. The summed E-state index contributed by atoms with van der Waals surface area (Å²) in [5.41, 5.74) is 2.98. The Bertz CT molecular complexity index is 852. The number of carbonyl (C=O) groups excluding carboxylic acids is 2. The van der Waals surface area contributed by atoms with Gasteiger partial charge in [-0.05, 0) is 37.5 Å². The van der Waals surface area contributed by atoms with E-state index < -0.39 is 0 Å². The van der Waals surface area contributed by atoms with Gasteiger partial charge in [-0.2, -0.15) is 4.99 Å². The van der Waals surface area contributed by atoms with Crippen molar-refractivity contribution >= 4 is 11.8 Å². The number of hydrogen-bond acceptors (Lipinski definition) is 2. The highest BCUT2D eigenvalue weighted by atomic mass is 16.2. The van der Waals surface area contributed by atoms with Crippen molar-refractivity contribution < 1.29 is 9.59 Å². The van der Waals surface area contributed by atoms with Crippen molar-refractivity contribution in [1.82, 2.24) is 9.47 Å². The molecule has 0 unspecified atom stereocenters. The fourth-order valence-electron chi connectivity index (χ4n) is 3.30. The molecule has 0 radical (unpaired) electrons. The van der Waals surface area contributed by atoms with Crippen LogP contribution < -0.4 is 5.49 Å². The Balaban J connectivity index is 1.74. The van der Waals surface area contributed by atoms with E-state index in [0.717, 1.165) is 31.2 Å². The van der Waals surface area contributed by atoms with Crippen LogP contribution in [0, 0.1) is 6.92 Å². The van der Waals surface area contributed by atoms with Gasteiger partial charge < -0.3 is 9.47 Å². The minimum Gasteiger partial charge on any atom is -0.333 e. The van der Waals surface area contributed by atoms with E-state index in [2.05, 4.69) is 36.2 Å². The van der Waals surface area contributed by atoms with Gasteiger partial charge in [0.2, 0.25) is 5.91 Å². The molecule has 5 nitrogen and oxygen atoms in total. The van der Waals surface area contributed by atoms with E-state index in [-0.39, 0.29) is 18.4 Å². The lowest BCUT2D eigenvalue weighted by Crippen LogP contribution is -2.37. The van der Waals surface area contributed by atoms with Crippen LogP contribution in [0.1, 0.15) is 43.2 Å². The van der Waals surface area contributed by atoms with E-state index in [9.17, 15) is 9.59 Å². The summed E-state index contributed by atoms with van der Waals surface area (Å²) in [5.74, 6) is -0.202. The second-order valence-electron chi connectivity index (χ2n) is 7.16. The number of rotatable bonds is 4. The largest absolute Gasteiger partial charge is 0.333 e. The standard InChI is InChI=1S/C22H27N3O2/c1-18-10-12-19(13-11-18)16-24-14-7-5-8-20(24)23-21(26)17-25-15-6-3-2-4-9-22(25)27/h5,7-8,10-14H,2-4,6,9,15-17H2,1H3. The lowest BCUT2D eigenvalue weighted by molar-refractivity contribution is -0.135. The van der Waals surface area contributed by atoms with Crippen molar-refractivity contribution in [3.63, 3.8) is 0 Å². The number of nitrogens with zero attached hydrogens (tertiary/aromatic N) is 3. The van der Waals surface area contributed by atoms with Crippen LogP contribution >= 0.6 is 0 Å². The molecule has 5 heteroatoms. The van der Waals surface area contributed by atoms with Gasteiger partial charge in [-0.1, -0.05) is 48.7 Å². The zero-order valence-corrected chi connectivity index (χ0v) is 15.9. The zero-order valence-electron chi connectivity index (χ0n) is 15.9. The molecule has 0 saturated carbocycles. The maximum Gasteiger partial charge on any atom is 0.267 e. The Morgan fingerprint density at radius 1 is 1.04 bits per heavy atom. The second-order valence-corrected chi connectivity index (χ2v) is 7.16. The molecule has 1 aliphatic rings. The van der Waals surface area contributed by atoms with Gasteiger partial charge in [0.25, 0.3) is 5.91 Å². The van der Waals surface area contributed by atoms with Gasteiger partial charge in [0.05, 0.1) is 0 Å². The predicted molar refractivity (Wildman–Crippen MR) is 105 cm³/mol. The maximum atomic E-state index is 12.5. The summed E-state index contributed by atoms with van der Waals surface area (Å²) in [6, 6.07) is 14.0. The SMILES string of the molecule is Cc1ccc(Cn2ccccc2=NC(=O)CN2CCCCCCC2=O)cc1. The third-order valence-corrected chi connectivity index (χ3v) is 4.88. The van der Waals surface area contributed by atoms with Crippen molar-refractivity contribution in [2.45, 2.75) is 45.6 Å². The maximum absolute atomic E-state index is 12.5. The third-order valence-electron chi connectivity index (χ3n) is 4.88. The van der Waals surface area contributed by atoms with Gasteiger partial charge in [0, 0.05) is 25.7 Å². The van der Waals surface area contributed by atoms with Crippen molar-refractivity contribution in [3.05, 3.63) is 65.3 Å². The Hall–Kier alpha value is -2.69. The van der Waals surface area contributed by atoms with E-state index in [4.69, 9.17) is 0 Å². The highest BCUT2D eigenvalue weighted by Crippen LogP contribution is 2.11. The molecule has 1 saturated heterocycles. The van der Waals surface area contributed by atoms with Crippen LogP contribution in [0.3, 0.4) is 0 Å². The highest BCUT2D eigenvalue weighted by Gasteiger charge is 2.18. The summed E-state index contributed by atoms with van der Waals surface area (Å²) in [5, 5.41) is 0. The van der Waals surface area contributed by atoms with Crippen molar-refractivity contribution in [2.24, 2.45) is 4.99 Å². The van der Waals surface area contributed by atoms with Crippen molar-refractivity contribution in [3.8, 4) is 0 Å². The van der Waals surface area contributed by atoms with Gasteiger partial charge in [-0.15, -0.1) is 0 Å². The van der Waals surface area contributed by atoms with Crippen LogP contribution in [0.2, 0.25) is 0 Å². The number of aromatic nitrogens is 1. The molecular weight excluding hydrogens is 338 g/mol. The van der Waals surface area contributed by atoms with Gasteiger partial charge in [0.1, 0.15) is 12.0 Å². The summed E-state index contributed by atoms with van der Waals surface area (Å²) in [6.45, 7) is 3.43. The lowest BCUT2D eigenvalue weighted by atomic mass is 10.1. The number of pyridine rings is 1. The molecule has 1 aromatic carbocycles. The summed E-state index contributed by atoms with van der Waals surface area (Å²) in [4.78, 5) is 30.7. The molecule has 1 aliphatic heterocycles. The molecule has 0 atom stereocenters. The Labute approximate surface area is 160 Å². The molecular formula is C22H27N3O2. The first-order valence-corrected chi connectivity index (χ1v) is 9.68. The Morgan fingerprint density at radius 2 is 1.81 bits per heavy atom. The number of carbonyl (C=O) groups is 2.